The number of nitrogens with zero attached hydrogens (tertiary/aromatic N) is 2. The highest BCUT2D eigenvalue weighted by molar-refractivity contribution is 5.94. The van der Waals surface area contributed by atoms with Crippen LogP contribution in [0, 0.1) is 0 Å². The second-order valence-electron chi connectivity index (χ2n) is 5.66. The molecule has 6 heteroatoms. The lowest BCUT2D eigenvalue weighted by molar-refractivity contribution is -0.139. The van der Waals surface area contributed by atoms with Crippen LogP contribution in [0.25, 0.3) is 0 Å². The van der Waals surface area contributed by atoms with Crippen LogP contribution in [-0.2, 0) is 16.1 Å². The molecule has 0 aromatic heterocycles. The molecule has 3 rings (SSSR count). The number of azo groups is 1. The topological polar surface area (TPSA) is 80.1 Å². The number of anilines is 1. The van der Waals surface area contributed by atoms with Gasteiger partial charge in [0.15, 0.2) is 0 Å². The van der Waals surface area contributed by atoms with Crippen molar-refractivity contribution in [2.45, 2.75) is 6.42 Å². The van der Waals surface area contributed by atoms with Crippen LogP contribution in [0.2, 0.25) is 0 Å². The first-order valence-electron chi connectivity index (χ1n) is 8.31. The van der Waals surface area contributed by atoms with E-state index in [0.29, 0.717) is 16.9 Å². The van der Waals surface area contributed by atoms with Crippen molar-refractivity contribution in [3.63, 3.8) is 0 Å². The molecule has 0 saturated carbocycles. The number of rotatable bonds is 6. The zero-order valence-corrected chi connectivity index (χ0v) is 14.4. The number of amides is 1. The minimum absolute atomic E-state index is 0.182. The molecule has 1 amide bonds. The van der Waals surface area contributed by atoms with Crippen molar-refractivity contribution in [1.29, 1.82) is 0 Å². The van der Waals surface area contributed by atoms with Crippen molar-refractivity contribution in [3.05, 3.63) is 96.1 Å². The lowest BCUT2D eigenvalue weighted by Gasteiger charge is -2.07. The molecule has 0 aliphatic heterocycles. The fraction of sp³-hybridized carbons (Fsp3) is 0.0476. The maximum Gasteiger partial charge on any atom is 0.336 e. The highest BCUT2D eigenvalue weighted by Crippen LogP contribution is 2.17. The Morgan fingerprint density at radius 3 is 2.11 bits per heavy atom. The predicted molar refractivity (Wildman–Crippen MR) is 102 cm³/mol. The van der Waals surface area contributed by atoms with Gasteiger partial charge in [0.2, 0.25) is 0 Å². The van der Waals surface area contributed by atoms with E-state index in [1.807, 2.05) is 36.4 Å². The maximum absolute atomic E-state index is 11.9. The van der Waals surface area contributed by atoms with Crippen molar-refractivity contribution in [3.8, 4) is 0 Å². The summed E-state index contributed by atoms with van der Waals surface area (Å²) >= 11 is 0. The van der Waals surface area contributed by atoms with Gasteiger partial charge in [0.1, 0.15) is 0 Å². The van der Waals surface area contributed by atoms with Crippen LogP contribution < -0.4 is 5.48 Å². The van der Waals surface area contributed by atoms with E-state index >= 15 is 0 Å². The first-order chi connectivity index (χ1) is 13.2. The Morgan fingerprint density at radius 2 is 1.44 bits per heavy atom. The molecule has 3 aromatic rings. The number of hydrogen-bond donors (Lipinski definition) is 1. The van der Waals surface area contributed by atoms with Crippen LogP contribution >= 0.6 is 0 Å². The summed E-state index contributed by atoms with van der Waals surface area (Å²) in [5.74, 6) is -0.800. The minimum Gasteiger partial charge on any atom is -0.343 e. The standard InChI is InChI=1S/C21H17N3O3/c25-20(15-16-7-3-1-4-8-16)27-24-19-13-11-18(12-14-19)22-23-21(26)17-9-5-2-6-10-17/h1-14,24H,15H2. The number of carbonyl (C=O) groups excluding carboxylic acids is 2. The number of benzene rings is 3. The van der Waals surface area contributed by atoms with E-state index in [-0.39, 0.29) is 6.42 Å². The molecular formula is C21H17N3O3. The van der Waals surface area contributed by atoms with Gasteiger partial charge in [0.25, 0.3) is 5.91 Å². The van der Waals surface area contributed by atoms with Crippen LogP contribution in [-0.4, -0.2) is 11.9 Å². The van der Waals surface area contributed by atoms with Crippen molar-refractivity contribution in [2.24, 2.45) is 10.2 Å². The highest BCUT2D eigenvalue weighted by atomic mass is 16.7. The maximum atomic E-state index is 11.9. The lowest BCUT2D eigenvalue weighted by Crippen LogP contribution is -2.12. The molecule has 0 heterocycles. The third-order valence-corrected chi connectivity index (χ3v) is 3.62. The Bertz CT molecular complexity index is 924. The summed E-state index contributed by atoms with van der Waals surface area (Å²) in [6.07, 6.45) is 0.182. The molecule has 27 heavy (non-hydrogen) atoms. The predicted octanol–water partition coefficient (Wildman–Crippen LogP) is 4.72. The molecule has 134 valence electrons. The van der Waals surface area contributed by atoms with E-state index in [0.717, 1.165) is 5.56 Å². The number of carbonyl (C=O) groups is 2. The fourth-order valence-electron chi connectivity index (χ4n) is 2.25. The molecule has 0 bridgehead atoms. The molecule has 0 aliphatic rings. The van der Waals surface area contributed by atoms with Gasteiger partial charge in [-0.25, -0.2) is 10.3 Å². The minimum atomic E-state index is -0.410. The summed E-state index contributed by atoms with van der Waals surface area (Å²) in [5.41, 5.74) is 5.05. The molecule has 0 unspecified atom stereocenters. The van der Waals surface area contributed by atoms with Gasteiger partial charge < -0.3 is 4.84 Å². The summed E-state index contributed by atoms with van der Waals surface area (Å²) in [7, 11) is 0. The van der Waals surface area contributed by atoms with Gasteiger partial charge in [0, 0.05) is 5.56 Å². The summed E-state index contributed by atoms with van der Waals surface area (Å²) in [6.45, 7) is 0. The molecule has 3 aromatic carbocycles. The molecule has 1 N–H and O–H groups in total. The van der Waals surface area contributed by atoms with E-state index < -0.39 is 11.9 Å². The molecular weight excluding hydrogens is 342 g/mol. The zero-order valence-electron chi connectivity index (χ0n) is 14.4. The molecule has 0 fully saturated rings. The van der Waals surface area contributed by atoms with Gasteiger partial charge in [-0.1, -0.05) is 48.5 Å². The first-order valence-corrected chi connectivity index (χ1v) is 8.31. The molecule has 0 aliphatic carbocycles. The first kappa shape index (κ1) is 18.0. The molecule has 6 nitrogen and oxygen atoms in total. The van der Waals surface area contributed by atoms with E-state index in [9.17, 15) is 9.59 Å². The summed E-state index contributed by atoms with van der Waals surface area (Å²) in [4.78, 5) is 28.7. The van der Waals surface area contributed by atoms with Crippen LogP contribution in [0.1, 0.15) is 15.9 Å². The van der Waals surface area contributed by atoms with E-state index in [1.165, 1.54) is 0 Å². The third kappa shape index (κ3) is 5.61. The van der Waals surface area contributed by atoms with Crippen molar-refractivity contribution in [1.82, 2.24) is 0 Å². The van der Waals surface area contributed by atoms with Crippen molar-refractivity contribution in [2.75, 3.05) is 5.48 Å². The second-order valence-corrected chi connectivity index (χ2v) is 5.66. The van der Waals surface area contributed by atoms with Crippen LogP contribution in [0.4, 0.5) is 11.4 Å². The van der Waals surface area contributed by atoms with Gasteiger partial charge in [-0.3, -0.25) is 4.79 Å². The van der Waals surface area contributed by atoms with E-state index in [2.05, 4.69) is 15.7 Å². The molecule has 0 spiro atoms. The number of hydrogen-bond acceptors (Lipinski definition) is 5. The van der Waals surface area contributed by atoms with Crippen LogP contribution in [0.5, 0.6) is 0 Å². The van der Waals surface area contributed by atoms with Gasteiger partial charge in [-0.15, -0.1) is 10.2 Å². The fourth-order valence-corrected chi connectivity index (χ4v) is 2.25. The molecule has 0 saturated heterocycles. The lowest BCUT2D eigenvalue weighted by atomic mass is 10.2. The van der Waals surface area contributed by atoms with Crippen LogP contribution in [0.15, 0.2) is 95.2 Å². The molecule has 0 atom stereocenters. The quantitative estimate of drug-likeness (QED) is 0.510. The summed E-state index contributed by atoms with van der Waals surface area (Å²) in [5, 5.41) is 7.61. The highest BCUT2D eigenvalue weighted by Gasteiger charge is 2.05. The Balaban J connectivity index is 1.50. The van der Waals surface area contributed by atoms with Crippen molar-refractivity contribution < 1.29 is 14.4 Å². The smallest absolute Gasteiger partial charge is 0.336 e. The van der Waals surface area contributed by atoms with Gasteiger partial charge >= 0.3 is 5.97 Å². The Labute approximate surface area is 156 Å². The largest absolute Gasteiger partial charge is 0.343 e. The van der Waals surface area contributed by atoms with E-state index in [4.69, 9.17) is 4.84 Å². The second kappa shape index (κ2) is 9.05. The Kier molecular flexibility index (Phi) is 6.04. The summed E-state index contributed by atoms with van der Waals surface area (Å²) in [6, 6.07) is 24.7. The zero-order chi connectivity index (χ0) is 18.9. The van der Waals surface area contributed by atoms with Crippen molar-refractivity contribution >= 4 is 23.3 Å². The Hall–Kier alpha value is -3.80. The monoisotopic (exact) mass is 359 g/mol. The van der Waals surface area contributed by atoms with Gasteiger partial charge in [-0.2, -0.15) is 0 Å². The third-order valence-electron chi connectivity index (χ3n) is 3.62. The molecule has 0 radical (unpaired) electrons. The van der Waals surface area contributed by atoms with Crippen LogP contribution in [0.3, 0.4) is 0 Å². The van der Waals surface area contributed by atoms with Gasteiger partial charge in [0.05, 0.1) is 17.8 Å². The average molecular weight is 359 g/mol. The summed E-state index contributed by atoms with van der Waals surface area (Å²) < 4.78 is 0. The van der Waals surface area contributed by atoms with Gasteiger partial charge in [-0.05, 0) is 42.0 Å². The normalized spacial score (nSPS) is 10.5. The SMILES string of the molecule is O=C(Cc1ccccc1)ONc1ccc(N=NC(=O)c2ccccc2)cc1. The average Bonchev–Trinajstić information content (AvgIpc) is 2.72. The number of nitrogens with one attached hydrogen (secondary N) is 1. The Morgan fingerprint density at radius 1 is 0.815 bits per heavy atom. The van der Waals surface area contributed by atoms with E-state index in [1.54, 1.807) is 48.5 Å².